The van der Waals surface area contributed by atoms with Gasteiger partial charge < -0.3 is 14.7 Å². The van der Waals surface area contributed by atoms with Crippen molar-refractivity contribution in [2.75, 3.05) is 12.8 Å². The highest BCUT2D eigenvalue weighted by molar-refractivity contribution is 7.98. The molecule has 2 heterocycles. The first-order valence-corrected chi connectivity index (χ1v) is 11.2. The van der Waals surface area contributed by atoms with E-state index < -0.39 is 0 Å². The van der Waals surface area contributed by atoms with Crippen LogP contribution in [0.1, 0.15) is 31.3 Å². The quantitative estimate of drug-likeness (QED) is 0.428. The molecule has 0 aliphatic carbocycles. The van der Waals surface area contributed by atoms with E-state index in [2.05, 4.69) is 39.7 Å². The second-order valence-corrected chi connectivity index (χ2v) is 8.10. The van der Waals surface area contributed by atoms with Crippen LogP contribution in [0.4, 0.5) is 4.39 Å². The van der Waals surface area contributed by atoms with E-state index in [-0.39, 0.29) is 11.9 Å². The van der Waals surface area contributed by atoms with Crippen LogP contribution >= 0.6 is 24.0 Å². The lowest BCUT2D eigenvalue weighted by Gasteiger charge is -2.36. The zero-order valence-electron chi connectivity index (χ0n) is 16.8. The molecule has 1 N–H and O–H groups in total. The predicted molar refractivity (Wildman–Crippen MR) is 121 cm³/mol. The molecule has 0 saturated carbocycles. The monoisotopic (exact) mass is 440 g/mol. The third-order valence-electron chi connectivity index (χ3n) is 5.10. The Labute approximate surface area is 184 Å². The van der Waals surface area contributed by atoms with Crippen LogP contribution in [0.2, 0.25) is 0 Å². The van der Waals surface area contributed by atoms with Crippen LogP contribution in [-0.4, -0.2) is 33.0 Å². The average molecular weight is 441 g/mol. The van der Waals surface area contributed by atoms with Crippen LogP contribution in [0.3, 0.4) is 0 Å². The van der Waals surface area contributed by atoms with Crippen molar-refractivity contribution in [3.63, 3.8) is 0 Å². The summed E-state index contributed by atoms with van der Waals surface area (Å²) in [6, 6.07) is 14.2. The molecule has 1 aromatic heterocycles. The number of hydrogen-bond acceptors (Lipinski definition) is 5. The fraction of sp³-hybridized carbons (Fsp3) is 0.227. The summed E-state index contributed by atoms with van der Waals surface area (Å²) in [5.41, 5.74) is 3.42. The van der Waals surface area contributed by atoms with Gasteiger partial charge >= 0.3 is 0 Å². The van der Waals surface area contributed by atoms with E-state index in [0.717, 1.165) is 16.8 Å². The predicted octanol–water partition coefficient (Wildman–Crippen LogP) is 5.28. The first-order valence-electron chi connectivity index (χ1n) is 9.54. The topological polar surface area (TPSA) is 54.2 Å². The van der Waals surface area contributed by atoms with Gasteiger partial charge in [-0.05, 0) is 62.2 Å². The molecule has 154 valence electrons. The van der Waals surface area contributed by atoms with E-state index in [4.69, 9.17) is 16.7 Å². The molecule has 2 aromatic carbocycles. The molecule has 0 amide bonds. The summed E-state index contributed by atoms with van der Waals surface area (Å²) >= 11 is 7.29. The van der Waals surface area contributed by atoms with Crippen molar-refractivity contribution in [2.45, 2.75) is 24.8 Å². The van der Waals surface area contributed by atoms with Crippen molar-refractivity contribution < 1.29 is 8.91 Å². The average Bonchev–Trinajstić information content (AvgIpc) is 3.23. The maximum Gasteiger partial charge on any atom is 0.258 e. The van der Waals surface area contributed by atoms with Gasteiger partial charge in [0, 0.05) is 22.7 Å². The lowest BCUT2D eigenvalue weighted by atomic mass is 9.95. The number of halogens is 1. The van der Waals surface area contributed by atoms with Gasteiger partial charge in [0.15, 0.2) is 5.11 Å². The molecule has 30 heavy (non-hydrogen) atoms. The lowest BCUT2D eigenvalue weighted by Crippen LogP contribution is -2.45. The Morgan fingerprint density at radius 2 is 2.00 bits per heavy atom. The molecule has 0 bridgehead atoms. The molecule has 5 nitrogen and oxygen atoms in total. The number of allylic oxidation sites excluding steroid dienone is 1. The zero-order valence-corrected chi connectivity index (χ0v) is 18.5. The fourth-order valence-electron chi connectivity index (χ4n) is 3.56. The van der Waals surface area contributed by atoms with Crippen molar-refractivity contribution in [3.8, 4) is 11.4 Å². The summed E-state index contributed by atoms with van der Waals surface area (Å²) in [7, 11) is 0. The van der Waals surface area contributed by atoms with Crippen LogP contribution in [0.15, 0.2) is 63.6 Å². The third kappa shape index (κ3) is 3.85. The number of thiocarbonyl (C=S) groups is 1. The van der Waals surface area contributed by atoms with Gasteiger partial charge in [-0.2, -0.15) is 4.98 Å². The first-order chi connectivity index (χ1) is 14.5. The molecule has 0 saturated heterocycles. The molecular weight excluding hydrogens is 419 g/mol. The second kappa shape index (κ2) is 8.57. The molecule has 1 aliphatic rings. The lowest BCUT2D eigenvalue weighted by molar-refractivity contribution is 0.398. The van der Waals surface area contributed by atoms with E-state index in [9.17, 15) is 4.39 Å². The minimum atomic E-state index is -0.345. The number of hydrogen-bond donors (Lipinski definition) is 1. The minimum absolute atomic E-state index is 0.225. The van der Waals surface area contributed by atoms with E-state index in [1.54, 1.807) is 23.9 Å². The second-order valence-electron chi connectivity index (χ2n) is 6.83. The Kier molecular flexibility index (Phi) is 5.87. The smallest absolute Gasteiger partial charge is 0.258 e. The molecule has 0 spiro atoms. The van der Waals surface area contributed by atoms with Crippen LogP contribution in [0.5, 0.6) is 0 Å². The summed E-state index contributed by atoms with van der Waals surface area (Å²) in [6.07, 6.45) is 2.05. The van der Waals surface area contributed by atoms with Gasteiger partial charge in [-0.25, -0.2) is 4.39 Å². The van der Waals surface area contributed by atoms with Gasteiger partial charge in [0.1, 0.15) is 5.82 Å². The number of nitrogens with one attached hydrogen (secondary N) is 1. The molecular formula is C22H21FN4OS2. The van der Waals surface area contributed by atoms with Crippen LogP contribution in [0.25, 0.3) is 17.0 Å². The number of rotatable bonds is 5. The zero-order chi connectivity index (χ0) is 21.3. The van der Waals surface area contributed by atoms with Crippen molar-refractivity contribution in [1.82, 2.24) is 20.4 Å². The van der Waals surface area contributed by atoms with Crippen molar-refractivity contribution in [1.29, 1.82) is 0 Å². The molecule has 0 fully saturated rings. The largest absolute Gasteiger partial charge is 0.351 e. The van der Waals surface area contributed by atoms with Crippen LogP contribution < -0.4 is 5.32 Å². The Morgan fingerprint density at radius 3 is 2.67 bits per heavy atom. The molecule has 8 heteroatoms. The number of aromatic nitrogens is 2. The van der Waals surface area contributed by atoms with E-state index in [0.29, 0.717) is 28.9 Å². The van der Waals surface area contributed by atoms with Gasteiger partial charge in [0.05, 0.1) is 11.6 Å². The SMILES string of the molecule is CCN1C(=S)NC(c2ccc(SC)cc2)C(c2nc(-c3cccc(F)c3)no2)=C1C. The van der Waals surface area contributed by atoms with Gasteiger partial charge in [-0.3, -0.25) is 0 Å². The van der Waals surface area contributed by atoms with Crippen LogP contribution in [0, 0.1) is 5.82 Å². The molecule has 3 aromatic rings. The van der Waals surface area contributed by atoms with Crippen molar-refractivity contribution in [2.24, 2.45) is 0 Å². The van der Waals surface area contributed by atoms with Gasteiger partial charge in [-0.1, -0.05) is 29.4 Å². The summed E-state index contributed by atoms with van der Waals surface area (Å²) in [4.78, 5) is 7.77. The molecule has 1 unspecified atom stereocenters. The highest BCUT2D eigenvalue weighted by Gasteiger charge is 2.33. The Bertz CT molecular complexity index is 1110. The normalized spacial score (nSPS) is 16.7. The Balaban J connectivity index is 1.80. The maximum atomic E-state index is 13.6. The standard InChI is InChI=1S/C22H21FN4OS2/c1-4-27-13(2)18(19(24-22(27)29)14-8-10-17(30-3)11-9-14)21-25-20(26-28-21)15-6-5-7-16(23)12-15/h5-12,19H,4H2,1-3H3,(H,24,29). The van der Waals surface area contributed by atoms with Gasteiger partial charge in [-0.15, -0.1) is 11.8 Å². The van der Waals surface area contributed by atoms with E-state index >= 15 is 0 Å². The van der Waals surface area contributed by atoms with Crippen molar-refractivity contribution >= 4 is 34.7 Å². The Morgan fingerprint density at radius 1 is 1.23 bits per heavy atom. The molecule has 1 atom stereocenters. The summed E-state index contributed by atoms with van der Waals surface area (Å²) < 4.78 is 19.3. The van der Waals surface area contributed by atoms with E-state index in [1.165, 1.54) is 17.0 Å². The van der Waals surface area contributed by atoms with Gasteiger partial charge in [0.2, 0.25) is 5.82 Å². The Hall–Kier alpha value is -2.71. The first kappa shape index (κ1) is 20.6. The minimum Gasteiger partial charge on any atom is -0.351 e. The number of benzene rings is 2. The molecule has 4 rings (SSSR count). The summed E-state index contributed by atoms with van der Waals surface area (Å²) in [5.74, 6) is 0.388. The van der Waals surface area contributed by atoms with E-state index in [1.807, 2.05) is 25.0 Å². The maximum absolute atomic E-state index is 13.6. The number of thioether (sulfide) groups is 1. The molecule has 0 radical (unpaired) electrons. The summed E-state index contributed by atoms with van der Waals surface area (Å²) in [5, 5.41) is 8.16. The highest BCUT2D eigenvalue weighted by atomic mass is 32.2. The fourth-order valence-corrected chi connectivity index (χ4v) is 4.36. The van der Waals surface area contributed by atoms with Crippen molar-refractivity contribution in [3.05, 3.63) is 71.5 Å². The number of nitrogens with zero attached hydrogens (tertiary/aromatic N) is 3. The summed E-state index contributed by atoms with van der Waals surface area (Å²) in [6.45, 7) is 4.75. The third-order valence-corrected chi connectivity index (χ3v) is 6.18. The van der Waals surface area contributed by atoms with Gasteiger partial charge in [0.25, 0.3) is 5.89 Å². The van der Waals surface area contributed by atoms with Crippen LogP contribution in [-0.2, 0) is 0 Å². The molecule has 1 aliphatic heterocycles. The highest BCUT2D eigenvalue weighted by Crippen LogP contribution is 2.37.